The number of rotatable bonds is 10. The van der Waals surface area contributed by atoms with Crippen molar-refractivity contribution in [1.82, 2.24) is 5.32 Å². The van der Waals surface area contributed by atoms with Crippen molar-refractivity contribution in [3.63, 3.8) is 0 Å². The van der Waals surface area contributed by atoms with E-state index in [2.05, 4.69) is 19.2 Å². The first-order valence-corrected chi connectivity index (χ1v) is 7.32. The molecule has 0 aromatic heterocycles. The van der Waals surface area contributed by atoms with Gasteiger partial charge in [-0.15, -0.1) is 0 Å². The second-order valence-corrected chi connectivity index (χ2v) is 6.37. The van der Waals surface area contributed by atoms with Crippen LogP contribution in [-0.4, -0.2) is 18.4 Å². The molecule has 19 heavy (non-hydrogen) atoms. The number of unbranched alkanes of at least 4 members (excludes halogenated alkanes) is 3. The molecule has 0 saturated heterocycles. The Morgan fingerprint density at radius 3 is 2.21 bits per heavy atom. The average Bonchev–Trinajstić information content (AvgIpc) is 2.30. The van der Waals surface area contributed by atoms with Crippen LogP contribution < -0.4 is 11.1 Å². The van der Waals surface area contributed by atoms with Crippen LogP contribution in [0.4, 0.5) is 0 Å². The van der Waals surface area contributed by atoms with Crippen LogP contribution in [0, 0.1) is 11.3 Å². The molecule has 0 aliphatic heterocycles. The molecule has 0 atom stereocenters. The maximum atomic E-state index is 11.6. The van der Waals surface area contributed by atoms with E-state index in [9.17, 15) is 9.59 Å². The van der Waals surface area contributed by atoms with Gasteiger partial charge in [0.05, 0.1) is 5.41 Å². The summed E-state index contributed by atoms with van der Waals surface area (Å²) in [6, 6.07) is 0. The van der Waals surface area contributed by atoms with Crippen LogP contribution in [0.1, 0.15) is 66.2 Å². The summed E-state index contributed by atoms with van der Waals surface area (Å²) in [5.74, 6) is 0.388. The Morgan fingerprint density at radius 1 is 1.11 bits per heavy atom. The number of hydrogen-bond donors (Lipinski definition) is 2. The molecule has 0 aromatic carbocycles. The molecule has 0 saturated carbocycles. The number of nitrogens with two attached hydrogens (primary N) is 1. The van der Waals surface area contributed by atoms with E-state index in [1.807, 2.05) is 0 Å². The molecule has 112 valence electrons. The van der Waals surface area contributed by atoms with Gasteiger partial charge < -0.3 is 11.1 Å². The van der Waals surface area contributed by atoms with E-state index in [4.69, 9.17) is 5.73 Å². The average molecular weight is 270 g/mol. The van der Waals surface area contributed by atoms with E-state index in [-0.39, 0.29) is 11.8 Å². The van der Waals surface area contributed by atoms with Crippen LogP contribution >= 0.6 is 0 Å². The van der Waals surface area contributed by atoms with Crippen molar-refractivity contribution in [3.05, 3.63) is 0 Å². The number of hydrogen-bond acceptors (Lipinski definition) is 2. The number of carbonyl (C=O) groups excluding carboxylic acids is 2. The fourth-order valence-corrected chi connectivity index (χ4v) is 1.69. The molecule has 0 radical (unpaired) electrons. The minimum Gasteiger partial charge on any atom is -0.369 e. The molecule has 0 aliphatic rings. The third kappa shape index (κ3) is 9.51. The first kappa shape index (κ1) is 17.9. The van der Waals surface area contributed by atoms with Gasteiger partial charge in [0.1, 0.15) is 0 Å². The summed E-state index contributed by atoms with van der Waals surface area (Å²) in [6.07, 6.45) is 6.25. The standard InChI is InChI=1S/C15H30N2O2/c1-12(2)9-7-5-6-8-10-13(18)17-11-15(3,4)14(16)19/h12H,5-11H2,1-4H3,(H2,16,19)(H,17,18). The minimum absolute atomic E-state index is 0.0122. The van der Waals surface area contributed by atoms with E-state index in [1.165, 1.54) is 19.3 Å². The zero-order valence-corrected chi connectivity index (χ0v) is 12.9. The summed E-state index contributed by atoms with van der Waals surface area (Å²) < 4.78 is 0. The largest absolute Gasteiger partial charge is 0.369 e. The summed E-state index contributed by atoms with van der Waals surface area (Å²) in [7, 11) is 0. The molecule has 0 aromatic rings. The van der Waals surface area contributed by atoms with Gasteiger partial charge in [-0.3, -0.25) is 9.59 Å². The third-order valence-corrected chi connectivity index (χ3v) is 3.33. The van der Waals surface area contributed by atoms with Gasteiger partial charge in [-0.1, -0.05) is 39.5 Å². The molecule has 4 heteroatoms. The Kier molecular flexibility index (Phi) is 8.44. The quantitative estimate of drug-likeness (QED) is 0.599. The SMILES string of the molecule is CC(C)CCCCCCC(=O)NCC(C)(C)C(N)=O. The number of carbonyl (C=O) groups is 2. The van der Waals surface area contributed by atoms with Gasteiger partial charge in [-0.2, -0.15) is 0 Å². The Hall–Kier alpha value is -1.06. The van der Waals surface area contributed by atoms with Crippen LogP contribution in [0.15, 0.2) is 0 Å². The number of nitrogens with one attached hydrogen (secondary N) is 1. The van der Waals surface area contributed by atoms with Crippen LogP contribution in [-0.2, 0) is 9.59 Å². The molecular formula is C15H30N2O2. The van der Waals surface area contributed by atoms with Gasteiger partial charge in [0.25, 0.3) is 0 Å². The van der Waals surface area contributed by atoms with Crippen molar-refractivity contribution in [2.45, 2.75) is 66.2 Å². The lowest BCUT2D eigenvalue weighted by Gasteiger charge is -2.20. The summed E-state index contributed by atoms with van der Waals surface area (Å²) in [5.41, 5.74) is 4.57. The van der Waals surface area contributed by atoms with Crippen LogP contribution in [0.2, 0.25) is 0 Å². The molecule has 0 unspecified atom stereocenters. The van der Waals surface area contributed by atoms with Gasteiger partial charge in [-0.25, -0.2) is 0 Å². The van der Waals surface area contributed by atoms with E-state index < -0.39 is 5.41 Å². The molecule has 0 bridgehead atoms. The normalized spacial score (nSPS) is 11.6. The monoisotopic (exact) mass is 270 g/mol. The van der Waals surface area contributed by atoms with Gasteiger partial charge in [0, 0.05) is 13.0 Å². The first-order valence-electron chi connectivity index (χ1n) is 7.32. The molecule has 3 N–H and O–H groups in total. The molecule has 0 heterocycles. The predicted molar refractivity (Wildman–Crippen MR) is 78.5 cm³/mol. The van der Waals surface area contributed by atoms with E-state index in [0.29, 0.717) is 13.0 Å². The highest BCUT2D eigenvalue weighted by molar-refractivity contribution is 5.82. The Balaban J connectivity index is 3.58. The maximum absolute atomic E-state index is 11.6. The van der Waals surface area contributed by atoms with Gasteiger partial charge in [-0.05, 0) is 26.2 Å². The molecule has 0 spiro atoms. The van der Waals surface area contributed by atoms with Gasteiger partial charge in [0.2, 0.25) is 11.8 Å². The molecule has 2 amide bonds. The van der Waals surface area contributed by atoms with Crippen molar-refractivity contribution >= 4 is 11.8 Å². The van der Waals surface area contributed by atoms with Gasteiger partial charge in [0.15, 0.2) is 0 Å². The molecule has 4 nitrogen and oxygen atoms in total. The lowest BCUT2D eigenvalue weighted by atomic mass is 9.93. The lowest BCUT2D eigenvalue weighted by molar-refractivity contribution is -0.127. The first-order chi connectivity index (χ1) is 8.75. The predicted octanol–water partition coefficient (Wildman–Crippen LogP) is 2.61. The molecule has 0 aliphatic carbocycles. The van der Waals surface area contributed by atoms with Crippen molar-refractivity contribution < 1.29 is 9.59 Å². The van der Waals surface area contributed by atoms with E-state index in [1.54, 1.807) is 13.8 Å². The number of amides is 2. The summed E-state index contributed by atoms with van der Waals surface area (Å²) in [4.78, 5) is 22.7. The third-order valence-electron chi connectivity index (χ3n) is 3.33. The molecule has 0 fully saturated rings. The van der Waals surface area contributed by atoms with Crippen LogP contribution in [0.5, 0.6) is 0 Å². The maximum Gasteiger partial charge on any atom is 0.224 e. The minimum atomic E-state index is -0.674. The summed E-state index contributed by atoms with van der Waals surface area (Å²) >= 11 is 0. The van der Waals surface area contributed by atoms with Crippen molar-refractivity contribution in [2.24, 2.45) is 17.1 Å². The van der Waals surface area contributed by atoms with Gasteiger partial charge >= 0.3 is 0 Å². The lowest BCUT2D eigenvalue weighted by Crippen LogP contribution is -2.42. The van der Waals surface area contributed by atoms with E-state index >= 15 is 0 Å². The Morgan fingerprint density at radius 2 is 1.68 bits per heavy atom. The zero-order chi connectivity index (χ0) is 14.9. The highest BCUT2D eigenvalue weighted by atomic mass is 16.2. The van der Waals surface area contributed by atoms with Crippen LogP contribution in [0.25, 0.3) is 0 Å². The fourth-order valence-electron chi connectivity index (χ4n) is 1.69. The Bertz CT molecular complexity index is 286. The van der Waals surface area contributed by atoms with Crippen molar-refractivity contribution in [3.8, 4) is 0 Å². The highest BCUT2D eigenvalue weighted by Crippen LogP contribution is 2.13. The summed E-state index contributed by atoms with van der Waals surface area (Å²) in [6.45, 7) is 8.25. The molecule has 0 rings (SSSR count). The smallest absolute Gasteiger partial charge is 0.224 e. The van der Waals surface area contributed by atoms with Crippen molar-refractivity contribution in [1.29, 1.82) is 0 Å². The summed E-state index contributed by atoms with van der Waals surface area (Å²) in [5, 5.41) is 2.77. The van der Waals surface area contributed by atoms with Crippen molar-refractivity contribution in [2.75, 3.05) is 6.54 Å². The number of primary amides is 1. The molecular weight excluding hydrogens is 240 g/mol. The Labute approximate surface area is 117 Å². The second-order valence-electron chi connectivity index (χ2n) is 6.37. The van der Waals surface area contributed by atoms with E-state index in [0.717, 1.165) is 18.8 Å². The second kappa shape index (κ2) is 8.94. The topological polar surface area (TPSA) is 72.2 Å². The van der Waals surface area contributed by atoms with Crippen LogP contribution in [0.3, 0.4) is 0 Å². The zero-order valence-electron chi connectivity index (χ0n) is 12.9. The highest BCUT2D eigenvalue weighted by Gasteiger charge is 2.25. The fraction of sp³-hybridized carbons (Fsp3) is 0.867.